The number of benzene rings is 3. The predicted octanol–water partition coefficient (Wildman–Crippen LogP) is 5.42. The van der Waals surface area contributed by atoms with Crippen molar-refractivity contribution in [1.82, 2.24) is 10.2 Å². The van der Waals surface area contributed by atoms with Crippen molar-refractivity contribution in [3.05, 3.63) is 112 Å². The molecule has 2 heterocycles. The Labute approximate surface area is 237 Å². The maximum absolute atomic E-state index is 12.6. The number of anilines is 2. The van der Waals surface area contributed by atoms with Crippen molar-refractivity contribution in [2.24, 2.45) is 0 Å². The zero-order valence-corrected chi connectivity index (χ0v) is 22.8. The largest absolute Gasteiger partial charge is 0.489 e. The van der Waals surface area contributed by atoms with Gasteiger partial charge >= 0.3 is 0 Å². The van der Waals surface area contributed by atoms with E-state index < -0.39 is 0 Å². The second-order valence-electron chi connectivity index (χ2n) is 9.01. The summed E-state index contributed by atoms with van der Waals surface area (Å²) in [7, 11) is 0. The van der Waals surface area contributed by atoms with Crippen molar-refractivity contribution in [1.29, 1.82) is 0 Å². The number of carbonyl (C=O) groups excluding carboxylic acids is 2. The van der Waals surface area contributed by atoms with Crippen molar-refractivity contribution in [2.75, 3.05) is 36.4 Å². The molecule has 39 heavy (non-hydrogen) atoms. The highest BCUT2D eigenvalue weighted by atomic mass is 32.1. The Hall–Kier alpha value is -4.21. The molecule has 9 heteroatoms. The third kappa shape index (κ3) is 7.01. The SMILES string of the molecule is O=C(NC(=S)Nc1ccc(N2CCN(C(=O)c3cccs3)CC2)cc1)c1ccc(OCc2ccccc2)cc1. The molecule has 2 N–H and O–H groups in total. The first kappa shape index (κ1) is 26.4. The van der Waals surface area contributed by atoms with Crippen LogP contribution in [0.2, 0.25) is 0 Å². The van der Waals surface area contributed by atoms with Gasteiger partial charge in [0, 0.05) is 43.1 Å². The summed E-state index contributed by atoms with van der Waals surface area (Å²) in [5, 5.41) is 7.93. The van der Waals surface area contributed by atoms with Crippen LogP contribution in [0.5, 0.6) is 5.75 Å². The molecule has 1 fully saturated rings. The van der Waals surface area contributed by atoms with Crippen LogP contribution < -0.4 is 20.3 Å². The van der Waals surface area contributed by atoms with Crippen molar-refractivity contribution in [3.8, 4) is 5.75 Å². The number of thiophene rings is 1. The lowest BCUT2D eigenvalue weighted by Gasteiger charge is -2.36. The summed E-state index contributed by atoms with van der Waals surface area (Å²) >= 11 is 6.83. The molecule has 0 saturated carbocycles. The van der Waals surface area contributed by atoms with Gasteiger partial charge in [-0.2, -0.15) is 0 Å². The lowest BCUT2D eigenvalue weighted by atomic mass is 10.2. The molecule has 5 rings (SSSR count). The van der Waals surface area contributed by atoms with Crippen molar-refractivity contribution in [3.63, 3.8) is 0 Å². The molecular formula is C30H28N4O3S2. The molecule has 2 amide bonds. The predicted molar refractivity (Wildman–Crippen MR) is 160 cm³/mol. The van der Waals surface area contributed by atoms with Gasteiger partial charge in [-0.05, 0) is 77.8 Å². The summed E-state index contributed by atoms with van der Waals surface area (Å²) in [5.41, 5.74) is 3.42. The molecule has 1 aliphatic rings. The normalized spacial score (nSPS) is 13.0. The van der Waals surface area contributed by atoms with Crippen LogP contribution in [0, 0.1) is 0 Å². The number of ether oxygens (including phenoxy) is 1. The Bertz CT molecular complexity index is 1400. The number of hydrogen-bond acceptors (Lipinski definition) is 6. The van der Waals surface area contributed by atoms with E-state index in [1.54, 1.807) is 24.3 Å². The molecular weight excluding hydrogens is 528 g/mol. The van der Waals surface area contributed by atoms with E-state index in [1.807, 2.05) is 77.0 Å². The van der Waals surface area contributed by atoms with Gasteiger partial charge in [0.2, 0.25) is 0 Å². The number of carbonyl (C=O) groups is 2. The Morgan fingerprint density at radius 3 is 2.23 bits per heavy atom. The summed E-state index contributed by atoms with van der Waals surface area (Å²) in [5.74, 6) is 0.493. The van der Waals surface area contributed by atoms with E-state index in [0.717, 1.165) is 34.9 Å². The standard InChI is InChI=1S/C30H28N4O3S2/c35-28(23-8-14-26(15-9-23)37-21-22-5-2-1-3-6-22)32-30(38)31-24-10-12-25(13-11-24)33-16-18-34(19-17-33)29(36)27-7-4-20-39-27/h1-15,20H,16-19,21H2,(H2,31,32,35,38). The molecule has 0 spiro atoms. The lowest BCUT2D eigenvalue weighted by Crippen LogP contribution is -2.48. The molecule has 1 saturated heterocycles. The topological polar surface area (TPSA) is 73.9 Å². The van der Waals surface area contributed by atoms with E-state index in [9.17, 15) is 9.59 Å². The molecule has 0 radical (unpaired) electrons. The minimum absolute atomic E-state index is 0.104. The second kappa shape index (κ2) is 12.6. The summed E-state index contributed by atoms with van der Waals surface area (Å²) in [6.07, 6.45) is 0. The van der Waals surface area contributed by atoms with Crippen LogP contribution in [0.3, 0.4) is 0 Å². The molecule has 0 aliphatic carbocycles. The van der Waals surface area contributed by atoms with Crippen molar-refractivity contribution < 1.29 is 14.3 Å². The van der Waals surface area contributed by atoms with Gasteiger partial charge in [0.05, 0.1) is 4.88 Å². The molecule has 3 aromatic carbocycles. The van der Waals surface area contributed by atoms with Crippen LogP contribution in [0.1, 0.15) is 25.6 Å². The maximum atomic E-state index is 12.6. The Morgan fingerprint density at radius 1 is 0.846 bits per heavy atom. The van der Waals surface area contributed by atoms with E-state index in [0.29, 0.717) is 31.0 Å². The van der Waals surface area contributed by atoms with Gasteiger partial charge in [0.25, 0.3) is 11.8 Å². The third-order valence-electron chi connectivity index (χ3n) is 6.38. The van der Waals surface area contributed by atoms with Crippen LogP contribution in [0.4, 0.5) is 11.4 Å². The molecule has 4 aromatic rings. The van der Waals surface area contributed by atoms with Crippen LogP contribution in [0.25, 0.3) is 0 Å². The zero-order chi connectivity index (χ0) is 27.0. The van der Waals surface area contributed by atoms with Gasteiger partial charge in [-0.15, -0.1) is 11.3 Å². The number of piperazine rings is 1. The van der Waals surface area contributed by atoms with Crippen LogP contribution in [-0.4, -0.2) is 48.0 Å². The fourth-order valence-corrected chi connectivity index (χ4v) is 5.16. The lowest BCUT2D eigenvalue weighted by molar-refractivity contribution is 0.0751. The first-order valence-electron chi connectivity index (χ1n) is 12.6. The quantitative estimate of drug-likeness (QED) is 0.296. The molecule has 0 bridgehead atoms. The van der Waals surface area contributed by atoms with Gasteiger partial charge in [0.1, 0.15) is 12.4 Å². The molecule has 7 nitrogen and oxygen atoms in total. The summed E-state index contributed by atoms with van der Waals surface area (Å²) < 4.78 is 5.78. The van der Waals surface area contributed by atoms with E-state index in [-0.39, 0.29) is 16.9 Å². The second-order valence-corrected chi connectivity index (χ2v) is 10.4. The fourth-order valence-electron chi connectivity index (χ4n) is 4.26. The number of nitrogens with zero attached hydrogens (tertiary/aromatic N) is 2. The maximum Gasteiger partial charge on any atom is 0.264 e. The summed E-state index contributed by atoms with van der Waals surface area (Å²) in [6.45, 7) is 3.38. The monoisotopic (exact) mass is 556 g/mol. The first-order valence-corrected chi connectivity index (χ1v) is 13.9. The Kier molecular flexibility index (Phi) is 8.50. The Balaban J connectivity index is 1.07. The molecule has 198 valence electrons. The smallest absolute Gasteiger partial charge is 0.264 e. The van der Waals surface area contributed by atoms with E-state index >= 15 is 0 Å². The van der Waals surface area contributed by atoms with Gasteiger partial charge in [-0.3, -0.25) is 14.9 Å². The van der Waals surface area contributed by atoms with Gasteiger partial charge in [0.15, 0.2) is 5.11 Å². The highest BCUT2D eigenvalue weighted by Gasteiger charge is 2.22. The number of amides is 2. The summed E-state index contributed by atoms with van der Waals surface area (Å²) in [6, 6.07) is 28.5. The molecule has 1 aliphatic heterocycles. The average molecular weight is 557 g/mol. The Morgan fingerprint density at radius 2 is 1.56 bits per heavy atom. The molecule has 0 atom stereocenters. The molecule has 1 aromatic heterocycles. The highest BCUT2D eigenvalue weighted by Crippen LogP contribution is 2.21. The van der Waals surface area contributed by atoms with Crippen LogP contribution >= 0.6 is 23.6 Å². The minimum atomic E-state index is -0.298. The number of thiocarbonyl (C=S) groups is 1. The van der Waals surface area contributed by atoms with Gasteiger partial charge in [-0.1, -0.05) is 36.4 Å². The zero-order valence-electron chi connectivity index (χ0n) is 21.2. The summed E-state index contributed by atoms with van der Waals surface area (Å²) in [4.78, 5) is 30.2. The van der Waals surface area contributed by atoms with E-state index in [1.165, 1.54) is 11.3 Å². The number of nitrogens with one attached hydrogen (secondary N) is 2. The fraction of sp³-hybridized carbons (Fsp3) is 0.167. The average Bonchev–Trinajstić information content (AvgIpc) is 3.52. The van der Waals surface area contributed by atoms with Gasteiger partial charge in [-0.25, -0.2) is 0 Å². The number of rotatable bonds is 7. The van der Waals surface area contributed by atoms with Gasteiger partial charge < -0.3 is 19.9 Å². The number of hydrogen-bond donors (Lipinski definition) is 2. The third-order valence-corrected chi connectivity index (χ3v) is 7.44. The van der Waals surface area contributed by atoms with Crippen LogP contribution in [0.15, 0.2) is 96.4 Å². The van der Waals surface area contributed by atoms with Crippen molar-refractivity contribution in [2.45, 2.75) is 6.61 Å². The first-order chi connectivity index (χ1) is 19.0. The van der Waals surface area contributed by atoms with E-state index in [4.69, 9.17) is 17.0 Å². The minimum Gasteiger partial charge on any atom is -0.489 e. The van der Waals surface area contributed by atoms with Crippen LogP contribution in [-0.2, 0) is 6.61 Å². The van der Waals surface area contributed by atoms with Crippen molar-refractivity contribution >= 4 is 51.9 Å². The highest BCUT2D eigenvalue weighted by molar-refractivity contribution is 7.80. The molecule has 0 unspecified atom stereocenters. The van der Waals surface area contributed by atoms with E-state index in [2.05, 4.69) is 15.5 Å².